The number of benzene rings is 3. The maximum Gasteiger partial charge on any atom is 0.356 e. The minimum absolute atomic E-state index is 0.0947. The zero-order valence-corrected chi connectivity index (χ0v) is 23.6. The molecule has 1 fully saturated rings. The van der Waals surface area contributed by atoms with E-state index in [-0.39, 0.29) is 42.8 Å². The number of amides is 1. The topological polar surface area (TPSA) is 112 Å². The summed E-state index contributed by atoms with van der Waals surface area (Å²) in [6, 6.07) is 26.8. The number of hydrogen-bond donors (Lipinski definition) is 2. The first-order valence-corrected chi connectivity index (χ1v) is 14.1. The number of nitrogens with zero attached hydrogens (tertiary/aromatic N) is 2. The van der Waals surface area contributed by atoms with Crippen molar-refractivity contribution in [3.05, 3.63) is 102 Å². The quantitative estimate of drug-likeness (QED) is 0.232. The van der Waals surface area contributed by atoms with Gasteiger partial charge in [-0.2, -0.15) is 5.10 Å². The first kappa shape index (κ1) is 28.9. The molecule has 9 nitrogen and oxygen atoms in total. The largest absolute Gasteiger partial charge is 0.497 e. The van der Waals surface area contributed by atoms with Crippen LogP contribution in [0.3, 0.4) is 0 Å². The van der Waals surface area contributed by atoms with Crippen molar-refractivity contribution < 1.29 is 28.9 Å². The second kappa shape index (κ2) is 13.8. The normalized spacial score (nSPS) is 16.5. The molecule has 0 spiro atoms. The van der Waals surface area contributed by atoms with Gasteiger partial charge in [-0.3, -0.25) is 4.79 Å². The number of methoxy groups -OCH3 is 1. The van der Waals surface area contributed by atoms with E-state index in [0.717, 1.165) is 53.7 Å². The molecule has 1 aliphatic rings. The van der Waals surface area contributed by atoms with Crippen molar-refractivity contribution in [2.75, 3.05) is 7.11 Å². The van der Waals surface area contributed by atoms with Gasteiger partial charge in [0.15, 0.2) is 5.69 Å². The minimum atomic E-state index is -1.19. The van der Waals surface area contributed by atoms with Crippen molar-refractivity contribution in [3.8, 4) is 22.8 Å². The first-order valence-electron chi connectivity index (χ1n) is 14.1. The molecule has 0 aliphatic heterocycles. The molecule has 2 atom stereocenters. The van der Waals surface area contributed by atoms with Crippen LogP contribution in [0, 0.1) is 0 Å². The summed E-state index contributed by atoms with van der Waals surface area (Å²) in [6.07, 6.45) is 3.64. The zero-order valence-electron chi connectivity index (χ0n) is 23.6. The monoisotopic (exact) mass is 569 g/mol. The van der Waals surface area contributed by atoms with Gasteiger partial charge in [0.2, 0.25) is 11.8 Å². The Labute approximate surface area is 245 Å². The Morgan fingerprint density at radius 1 is 0.905 bits per heavy atom. The van der Waals surface area contributed by atoms with E-state index in [1.165, 1.54) is 10.7 Å². The summed E-state index contributed by atoms with van der Waals surface area (Å²) in [4.78, 5) is 24.8. The number of carboxylic acids is 1. The van der Waals surface area contributed by atoms with E-state index in [4.69, 9.17) is 14.2 Å². The number of rotatable bonds is 12. The Kier molecular flexibility index (Phi) is 9.51. The van der Waals surface area contributed by atoms with Crippen molar-refractivity contribution in [3.63, 3.8) is 0 Å². The number of nitrogens with one attached hydrogen (secondary N) is 1. The molecule has 1 heterocycles. The molecule has 1 aromatic heterocycles. The van der Waals surface area contributed by atoms with Gasteiger partial charge in [0, 0.05) is 6.07 Å². The Morgan fingerprint density at radius 2 is 1.64 bits per heavy atom. The van der Waals surface area contributed by atoms with Crippen molar-refractivity contribution in [2.24, 2.45) is 0 Å². The summed E-state index contributed by atoms with van der Waals surface area (Å²) in [5, 5.41) is 16.7. The van der Waals surface area contributed by atoms with Gasteiger partial charge in [0.25, 0.3) is 0 Å². The number of hydrogen-bond acceptors (Lipinski definition) is 6. The second-order valence-electron chi connectivity index (χ2n) is 10.3. The van der Waals surface area contributed by atoms with Crippen LogP contribution in [0.4, 0.5) is 0 Å². The molecule has 0 bridgehead atoms. The number of carbonyl (C=O) groups excluding carboxylic acids is 1. The highest BCUT2D eigenvalue weighted by atomic mass is 16.5. The summed E-state index contributed by atoms with van der Waals surface area (Å²) >= 11 is 0. The Morgan fingerprint density at radius 3 is 2.43 bits per heavy atom. The average molecular weight is 570 g/mol. The number of ether oxygens (including phenoxy) is 3. The Bertz CT molecular complexity index is 1500. The van der Waals surface area contributed by atoms with E-state index in [2.05, 4.69) is 10.4 Å². The van der Waals surface area contributed by atoms with Crippen LogP contribution in [0.25, 0.3) is 11.1 Å². The fourth-order valence-corrected chi connectivity index (χ4v) is 5.16. The molecule has 1 saturated carbocycles. The number of aromatic nitrogens is 2. The molecule has 3 aromatic carbocycles. The van der Waals surface area contributed by atoms with Gasteiger partial charge in [0.05, 0.1) is 25.9 Å². The van der Waals surface area contributed by atoms with Crippen LogP contribution in [0.2, 0.25) is 0 Å². The summed E-state index contributed by atoms with van der Waals surface area (Å²) in [5.74, 6) is -0.504. The first-order chi connectivity index (χ1) is 20.5. The third-order valence-electron chi connectivity index (χ3n) is 7.33. The van der Waals surface area contributed by atoms with Gasteiger partial charge in [-0.15, -0.1) is 0 Å². The van der Waals surface area contributed by atoms with Gasteiger partial charge in [-0.25, -0.2) is 9.48 Å². The van der Waals surface area contributed by atoms with Crippen molar-refractivity contribution in [1.29, 1.82) is 0 Å². The Hall–Kier alpha value is -4.63. The summed E-state index contributed by atoms with van der Waals surface area (Å²) < 4.78 is 18.8. The predicted octanol–water partition coefficient (Wildman–Crippen LogP) is 5.48. The highest BCUT2D eigenvalue weighted by Gasteiger charge is 2.28. The molecular formula is C33H35N3O6. The standard InChI is InChI=1S/C33H35N3O6/c1-40-27-14-8-13-26(18-27)25-12-7-11-24(17-25)22-42-32-19-29(33(38)39)35-36(32)20-31(37)34-28-15-5-6-16-30(28)41-21-23-9-3-2-4-10-23/h2-4,7-14,17-19,28,30H,5-6,15-16,20-22H2,1H3,(H,34,37)(H,38,39)/t28-,30-/m0/s1. The fraction of sp³-hybridized carbons (Fsp3) is 0.303. The predicted molar refractivity (Wildman–Crippen MR) is 157 cm³/mol. The van der Waals surface area contributed by atoms with E-state index in [0.29, 0.717) is 6.61 Å². The van der Waals surface area contributed by atoms with Crippen LogP contribution >= 0.6 is 0 Å². The molecule has 4 aromatic rings. The lowest BCUT2D eigenvalue weighted by molar-refractivity contribution is -0.124. The lowest BCUT2D eigenvalue weighted by Gasteiger charge is -2.32. The van der Waals surface area contributed by atoms with E-state index >= 15 is 0 Å². The highest BCUT2D eigenvalue weighted by molar-refractivity contribution is 5.86. The lowest BCUT2D eigenvalue weighted by Crippen LogP contribution is -2.47. The average Bonchev–Trinajstić information content (AvgIpc) is 3.43. The molecule has 1 aliphatic carbocycles. The van der Waals surface area contributed by atoms with Crippen LogP contribution < -0.4 is 14.8 Å². The van der Waals surface area contributed by atoms with E-state index in [1.54, 1.807) is 7.11 Å². The highest BCUT2D eigenvalue weighted by Crippen LogP contribution is 2.26. The van der Waals surface area contributed by atoms with E-state index in [1.807, 2.05) is 78.9 Å². The molecule has 1 amide bonds. The van der Waals surface area contributed by atoms with Crippen LogP contribution in [0.15, 0.2) is 84.9 Å². The van der Waals surface area contributed by atoms with E-state index in [9.17, 15) is 14.7 Å². The number of carbonyl (C=O) groups is 2. The lowest BCUT2D eigenvalue weighted by atomic mass is 9.92. The maximum absolute atomic E-state index is 13.1. The fourth-order valence-electron chi connectivity index (χ4n) is 5.16. The molecule has 9 heteroatoms. The zero-order chi connectivity index (χ0) is 29.3. The van der Waals surface area contributed by atoms with Crippen molar-refractivity contribution >= 4 is 11.9 Å². The molecule has 5 rings (SSSR count). The van der Waals surface area contributed by atoms with Crippen LogP contribution in [0.5, 0.6) is 11.6 Å². The third-order valence-corrected chi connectivity index (χ3v) is 7.33. The molecule has 42 heavy (non-hydrogen) atoms. The van der Waals surface area contributed by atoms with Gasteiger partial charge in [0.1, 0.15) is 18.9 Å². The molecule has 0 saturated heterocycles. The number of carboxylic acid groups (broad SMARTS) is 1. The van der Waals surface area contributed by atoms with Crippen LogP contribution in [-0.2, 0) is 29.3 Å². The SMILES string of the molecule is COc1cccc(-c2cccc(COc3cc(C(=O)O)nn3CC(=O)N[C@H]3CCCC[C@@H]3OCc3ccccc3)c2)c1. The smallest absolute Gasteiger partial charge is 0.356 e. The molecule has 0 unspecified atom stereocenters. The number of aromatic carboxylic acids is 1. The summed E-state index contributed by atoms with van der Waals surface area (Å²) in [7, 11) is 1.63. The minimum Gasteiger partial charge on any atom is -0.497 e. The maximum atomic E-state index is 13.1. The summed E-state index contributed by atoms with van der Waals surface area (Å²) in [5.41, 5.74) is 3.77. The van der Waals surface area contributed by atoms with E-state index < -0.39 is 5.97 Å². The van der Waals surface area contributed by atoms with Gasteiger partial charge in [-0.05, 0) is 53.3 Å². The summed E-state index contributed by atoms with van der Waals surface area (Å²) in [6.45, 7) is 0.479. The van der Waals surface area contributed by atoms with Crippen LogP contribution in [-0.4, -0.2) is 46.0 Å². The molecule has 218 valence electrons. The van der Waals surface area contributed by atoms with Crippen LogP contribution in [0.1, 0.15) is 47.3 Å². The van der Waals surface area contributed by atoms with Crippen molar-refractivity contribution in [2.45, 2.75) is 57.6 Å². The molecule has 0 radical (unpaired) electrons. The van der Waals surface area contributed by atoms with Gasteiger partial charge >= 0.3 is 5.97 Å². The van der Waals surface area contributed by atoms with Gasteiger partial charge in [-0.1, -0.05) is 73.5 Å². The third kappa shape index (κ3) is 7.55. The van der Waals surface area contributed by atoms with Gasteiger partial charge < -0.3 is 24.6 Å². The van der Waals surface area contributed by atoms with Crippen molar-refractivity contribution in [1.82, 2.24) is 15.1 Å². The molecule has 2 N–H and O–H groups in total. The molecular weight excluding hydrogens is 534 g/mol. The second-order valence-corrected chi connectivity index (χ2v) is 10.3. The Balaban J connectivity index is 1.23.